The number of carbonyl (C=O) groups is 1. The highest BCUT2D eigenvalue weighted by Gasteiger charge is 2.32. The molecule has 35 heavy (non-hydrogen) atoms. The fraction of sp³-hybridized carbons (Fsp3) is 0.217. The number of methoxy groups -OCH3 is 1. The third kappa shape index (κ3) is 8.45. The molecule has 0 saturated heterocycles. The number of nitrogens with one attached hydrogen (secondary N) is 2. The third-order valence-corrected chi connectivity index (χ3v) is 4.69. The van der Waals surface area contributed by atoms with Crippen molar-refractivity contribution in [2.24, 2.45) is 0 Å². The van der Waals surface area contributed by atoms with Crippen molar-refractivity contribution in [1.82, 2.24) is 10.3 Å². The number of alkyl halides is 3. The van der Waals surface area contributed by atoms with Gasteiger partial charge in [-0.15, -0.1) is 6.42 Å². The molecule has 0 radical (unpaired) electrons. The first-order chi connectivity index (χ1) is 16.3. The van der Waals surface area contributed by atoms with Crippen LogP contribution in [0.15, 0.2) is 30.3 Å². The van der Waals surface area contributed by atoms with Gasteiger partial charge in [0.15, 0.2) is 0 Å². The minimum atomic E-state index is -4.67. The minimum Gasteiger partial charge on any atom is -0.372 e. The van der Waals surface area contributed by atoms with Gasteiger partial charge in [0.2, 0.25) is 15.9 Å². The summed E-state index contributed by atoms with van der Waals surface area (Å²) < 4.78 is 82.8. The Morgan fingerprint density at radius 1 is 1.29 bits per heavy atom. The first kappa shape index (κ1) is 27.4. The quantitative estimate of drug-likeness (QED) is 0.340. The topological polar surface area (TPSA) is 97.4 Å². The minimum absolute atomic E-state index is 0.0315. The van der Waals surface area contributed by atoms with Gasteiger partial charge in [0.1, 0.15) is 23.8 Å². The monoisotopic (exact) mass is 509 g/mol. The molecule has 0 unspecified atom stereocenters. The number of ether oxygens (including phenoxy) is 1. The molecule has 0 aliphatic rings. The van der Waals surface area contributed by atoms with E-state index in [2.05, 4.69) is 28.1 Å². The molecule has 7 nitrogen and oxygen atoms in total. The van der Waals surface area contributed by atoms with Gasteiger partial charge in [0, 0.05) is 25.3 Å². The highest BCUT2D eigenvalue weighted by atomic mass is 32.2. The van der Waals surface area contributed by atoms with Crippen molar-refractivity contribution in [2.45, 2.75) is 12.7 Å². The normalized spacial score (nSPS) is 11.5. The summed E-state index contributed by atoms with van der Waals surface area (Å²) in [6, 6.07) is 4.21. The maximum atomic E-state index is 14.4. The molecular weight excluding hydrogens is 490 g/mol. The summed E-state index contributed by atoms with van der Waals surface area (Å²) in [6.07, 6.45) is 3.77. The van der Waals surface area contributed by atoms with Crippen LogP contribution in [0, 0.1) is 30.0 Å². The van der Waals surface area contributed by atoms with Crippen molar-refractivity contribution < 1.29 is 35.5 Å². The summed E-state index contributed by atoms with van der Waals surface area (Å²) in [7, 11) is -2.41. The molecule has 1 amide bonds. The lowest BCUT2D eigenvalue weighted by atomic mass is 10.1. The van der Waals surface area contributed by atoms with Crippen LogP contribution in [0.3, 0.4) is 0 Å². The van der Waals surface area contributed by atoms with Crippen LogP contribution in [-0.2, 0) is 32.3 Å². The second-order valence-corrected chi connectivity index (χ2v) is 8.69. The van der Waals surface area contributed by atoms with E-state index in [0.29, 0.717) is 0 Å². The molecular formula is C23H19F4N3O4S. The summed E-state index contributed by atoms with van der Waals surface area (Å²) in [5.41, 5.74) is -1.38. The van der Waals surface area contributed by atoms with Crippen molar-refractivity contribution in [3.8, 4) is 24.2 Å². The number of carbonyl (C=O) groups excluding carboxylic acids is 1. The number of benzene rings is 1. The van der Waals surface area contributed by atoms with E-state index >= 15 is 0 Å². The zero-order valence-electron chi connectivity index (χ0n) is 18.5. The van der Waals surface area contributed by atoms with E-state index in [4.69, 9.17) is 11.2 Å². The Bertz CT molecular complexity index is 1350. The van der Waals surface area contributed by atoms with Crippen molar-refractivity contribution >= 4 is 27.7 Å². The molecule has 12 heteroatoms. The van der Waals surface area contributed by atoms with E-state index in [1.165, 1.54) is 19.3 Å². The van der Waals surface area contributed by atoms with Gasteiger partial charge in [0.25, 0.3) is 0 Å². The lowest BCUT2D eigenvalue weighted by Gasteiger charge is -2.11. The second-order valence-electron chi connectivity index (χ2n) is 6.94. The molecule has 0 bridgehead atoms. The Balaban J connectivity index is 2.19. The molecule has 2 N–H and O–H groups in total. The second kappa shape index (κ2) is 11.5. The molecule has 0 fully saturated rings. The van der Waals surface area contributed by atoms with Crippen LogP contribution in [-0.4, -0.2) is 39.3 Å². The van der Waals surface area contributed by atoms with E-state index in [1.54, 1.807) is 0 Å². The van der Waals surface area contributed by atoms with Gasteiger partial charge in [-0.3, -0.25) is 9.52 Å². The zero-order chi connectivity index (χ0) is 26.2. The number of hydrogen-bond acceptors (Lipinski definition) is 5. The van der Waals surface area contributed by atoms with Gasteiger partial charge < -0.3 is 10.1 Å². The molecule has 0 saturated carbocycles. The highest BCUT2D eigenvalue weighted by Crippen LogP contribution is 2.28. The van der Waals surface area contributed by atoms with Crippen LogP contribution < -0.4 is 10.0 Å². The summed E-state index contributed by atoms with van der Waals surface area (Å²) in [5.74, 6) is 5.57. The Labute approximate surface area is 199 Å². The predicted molar refractivity (Wildman–Crippen MR) is 122 cm³/mol. The number of terminal acetylenes is 1. The molecule has 0 atom stereocenters. The molecule has 0 spiro atoms. The van der Waals surface area contributed by atoms with Crippen LogP contribution in [0.2, 0.25) is 0 Å². The molecule has 0 aliphatic carbocycles. The molecule has 2 rings (SSSR count). The summed E-state index contributed by atoms with van der Waals surface area (Å²) >= 11 is 0. The molecule has 1 aromatic carbocycles. The number of pyridine rings is 1. The maximum absolute atomic E-state index is 14.4. The Morgan fingerprint density at radius 2 is 2.00 bits per heavy atom. The van der Waals surface area contributed by atoms with Crippen LogP contribution >= 0.6 is 0 Å². The van der Waals surface area contributed by atoms with Gasteiger partial charge in [0.05, 0.1) is 17.5 Å². The van der Waals surface area contributed by atoms with Crippen molar-refractivity contribution in [1.29, 1.82) is 0 Å². The van der Waals surface area contributed by atoms with Crippen molar-refractivity contribution in [2.75, 3.05) is 24.7 Å². The fourth-order valence-corrected chi connectivity index (χ4v) is 3.21. The third-order valence-electron chi connectivity index (χ3n) is 4.11. The van der Waals surface area contributed by atoms with Crippen LogP contribution in [0.1, 0.15) is 28.1 Å². The molecule has 0 aliphatic heterocycles. The number of aromatic nitrogens is 1. The summed E-state index contributed by atoms with van der Waals surface area (Å²) in [4.78, 5) is 15.7. The first-order valence-corrected chi connectivity index (χ1v) is 11.5. The lowest BCUT2D eigenvalue weighted by Crippen LogP contribution is -2.21. The number of anilines is 1. The molecule has 1 heterocycles. The zero-order valence-corrected chi connectivity index (χ0v) is 19.3. The van der Waals surface area contributed by atoms with Gasteiger partial charge in [-0.25, -0.2) is 17.8 Å². The average Bonchev–Trinajstić information content (AvgIpc) is 2.76. The predicted octanol–water partition coefficient (Wildman–Crippen LogP) is 2.92. The number of sulfonamides is 1. The fourth-order valence-electron chi connectivity index (χ4n) is 2.64. The van der Waals surface area contributed by atoms with E-state index < -0.39 is 33.6 Å². The van der Waals surface area contributed by atoms with Crippen LogP contribution in [0.25, 0.3) is 6.08 Å². The van der Waals surface area contributed by atoms with Crippen LogP contribution in [0.4, 0.5) is 23.2 Å². The smallest absolute Gasteiger partial charge is 0.372 e. The Kier molecular flexibility index (Phi) is 9.00. The Hall–Kier alpha value is -3.87. The van der Waals surface area contributed by atoms with E-state index in [1.807, 2.05) is 4.72 Å². The number of rotatable bonds is 7. The molecule has 184 valence electrons. The van der Waals surface area contributed by atoms with Crippen molar-refractivity contribution in [3.63, 3.8) is 0 Å². The number of hydrogen-bond donors (Lipinski definition) is 2. The SMILES string of the molecule is C#Cc1cc(CNC(=O)/C=C/c2ccc(C(F)(F)F)nc2C#CCOC)cc(F)c1NS(C)(=O)=O. The van der Waals surface area contributed by atoms with Crippen molar-refractivity contribution in [3.05, 3.63) is 64.2 Å². The number of nitrogens with zero attached hydrogens (tertiary/aromatic N) is 1. The van der Waals surface area contributed by atoms with Gasteiger partial charge in [-0.2, -0.15) is 13.2 Å². The van der Waals surface area contributed by atoms with E-state index in [0.717, 1.165) is 30.5 Å². The van der Waals surface area contributed by atoms with Gasteiger partial charge in [-0.05, 0) is 41.8 Å². The van der Waals surface area contributed by atoms with E-state index in [9.17, 15) is 30.8 Å². The largest absolute Gasteiger partial charge is 0.433 e. The molecule has 2 aromatic rings. The summed E-state index contributed by atoms with van der Waals surface area (Å²) in [6.45, 7) is -0.198. The van der Waals surface area contributed by atoms with Gasteiger partial charge >= 0.3 is 6.18 Å². The standard InChI is InChI=1S/C23H19F4N3O4S/c1-4-16-12-15(13-18(24)22(16)30-35(3,32)33)14-28-21(31)10-8-17-7-9-20(23(25,26)27)29-19(17)6-5-11-34-2/h1,7-10,12-13,30H,11,14H2,2-3H3,(H,28,31)/b10-8+. The van der Waals surface area contributed by atoms with E-state index in [-0.39, 0.29) is 41.2 Å². The number of amides is 1. The van der Waals surface area contributed by atoms with Crippen LogP contribution in [0.5, 0.6) is 0 Å². The first-order valence-electron chi connectivity index (χ1n) is 9.63. The average molecular weight is 509 g/mol. The molecule has 1 aromatic heterocycles. The van der Waals surface area contributed by atoms with Gasteiger partial charge in [-0.1, -0.05) is 11.8 Å². The maximum Gasteiger partial charge on any atom is 0.433 e. The lowest BCUT2D eigenvalue weighted by molar-refractivity contribution is -0.141. The highest BCUT2D eigenvalue weighted by molar-refractivity contribution is 7.92. The Morgan fingerprint density at radius 3 is 2.60 bits per heavy atom. The number of halogens is 4. The summed E-state index contributed by atoms with van der Waals surface area (Å²) in [5, 5.41) is 2.47.